The first-order valence-corrected chi connectivity index (χ1v) is 21.4. The molecule has 17 atom stereocenters. The van der Waals surface area contributed by atoms with E-state index in [1.54, 1.807) is 19.2 Å². The molecular weight excluding hydrogens is 718 g/mol. The largest absolute Gasteiger partial charge is 0.508 e. The fraction of sp³-hybridized carbons (Fsp3) is 0.841. The van der Waals surface area contributed by atoms with Gasteiger partial charge in [-0.1, -0.05) is 60.6 Å². The first-order chi connectivity index (χ1) is 26.4. The summed E-state index contributed by atoms with van der Waals surface area (Å²) in [5, 5.41) is 45.2. The van der Waals surface area contributed by atoms with Gasteiger partial charge in [0.2, 0.25) is 5.91 Å². The van der Waals surface area contributed by atoms with Crippen LogP contribution in [0.1, 0.15) is 112 Å². The number of carbonyl (C=O) groups excluding carboxylic acids is 1. The molecule has 0 bridgehead atoms. The van der Waals surface area contributed by atoms with Crippen LogP contribution in [0.15, 0.2) is 24.3 Å². The normalized spacial score (nSPS) is 44.5. The van der Waals surface area contributed by atoms with Crippen LogP contribution in [0.4, 0.5) is 0 Å². The van der Waals surface area contributed by atoms with Crippen molar-refractivity contribution < 1.29 is 53.6 Å². The van der Waals surface area contributed by atoms with Crippen LogP contribution in [0.25, 0.3) is 0 Å². The molecule has 318 valence electrons. The molecule has 5 N–H and O–H groups in total. The lowest BCUT2D eigenvalue weighted by Gasteiger charge is -2.49. The van der Waals surface area contributed by atoms with Gasteiger partial charge in [-0.15, -0.1) is 0 Å². The number of aromatic hydroxyl groups is 1. The predicted octanol–water partition coefficient (Wildman–Crippen LogP) is 5.25. The summed E-state index contributed by atoms with van der Waals surface area (Å²) in [7, 11) is 1.62. The van der Waals surface area contributed by atoms with Gasteiger partial charge < -0.3 is 54.2 Å². The number of nitrogens with one attached hydrogen (secondary N) is 1. The van der Waals surface area contributed by atoms with Gasteiger partial charge in [-0.2, -0.15) is 0 Å². The number of aliphatic hydroxyl groups is 3. The standard InChI is InChI=1S/C44H71NO11/c1-10-42(39-26(3)22-34(52-39)36-25(2)21-27(4)44(50,24-46)55-36)17-15-35(53-42)41(8)18-19-43(56-41)23-33(48)28(5)38(54-43)29(6)37(51-9)30(7)40(49)45-20-16-31-11-13-32(47)14-12-31/h11-14,25-30,33-39,46-48,50H,10,15-24H2,1-9H3,(H,45,49)/t25-,26-,27+,28+,29-,30-,33-,34+,35+,36-,37+,38-,39+,41-,42-,43+,44-/m0/s1. The monoisotopic (exact) mass is 790 g/mol. The second-order valence-electron chi connectivity index (χ2n) is 18.7. The predicted molar refractivity (Wildman–Crippen MR) is 209 cm³/mol. The third kappa shape index (κ3) is 8.43. The molecule has 0 aliphatic carbocycles. The van der Waals surface area contributed by atoms with Crippen molar-refractivity contribution in [2.75, 3.05) is 20.3 Å². The first kappa shape index (κ1) is 43.7. The number of hydrogen-bond acceptors (Lipinski definition) is 11. The van der Waals surface area contributed by atoms with Crippen LogP contribution in [-0.2, 0) is 39.6 Å². The van der Waals surface area contributed by atoms with E-state index in [1.165, 1.54) is 0 Å². The molecule has 0 radical (unpaired) electrons. The Labute approximate surface area is 334 Å². The van der Waals surface area contributed by atoms with Crippen molar-refractivity contribution in [1.29, 1.82) is 0 Å². The molecule has 5 heterocycles. The van der Waals surface area contributed by atoms with Crippen LogP contribution in [0.5, 0.6) is 5.75 Å². The highest BCUT2D eigenvalue weighted by atomic mass is 16.7. The average Bonchev–Trinajstić information content (AvgIpc) is 3.88. The SMILES string of the molecule is CC[C@@]1([C@@H]2O[C@@H]([C@H]3O[C@@](O)(CO)[C@H](C)C[C@@H]3C)C[C@@H]2C)CC[C@H]([C@]2(C)CC[C@]3(C[C@H](O)[C@@H](C)[C@@H]([C@@H](C)[C@@H](OC)[C@H](C)C(=O)NCCc4ccc(O)cc4)O3)O2)O1. The van der Waals surface area contributed by atoms with Crippen molar-refractivity contribution in [1.82, 2.24) is 5.32 Å². The van der Waals surface area contributed by atoms with Gasteiger partial charge in [0.25, 0.3) is 0 Å². The number of aliphatic hydroxyl groups excluding tert-OH is 2. The van der Waals surface area contributed by atoms with Crippen LogP contribution in [0.2, 0.25) is 0 Å². The number of amides is 1. The van der Waals surface area contributed by atoms with Crippen molar-refractivity contribution in [2.45, 2.75) is 179 Å². The quantitative estimate of drug-likeness (QED) is 0.177. The lowest BCUT2D eigenvalue weighted by atomic mass is 9.78. The lowest BCUT2D eigenvalue weighted by Crippen LogP contribution is -2.57. The molecule has 1 aromatic rings. The molecule has 12 heteroatoms. The van der Waals surface area contributed by atoms with Crippen LogP contribution in [0, 0.1) is 35.5 Å². The Bertz CT molecular complexity index is 1480. The number of benzene rings is 1. The molecule has 0 saturated carbocycles. The Kier molecular flexibility index (Phi) is 13.3. The van der Waals surface area contributed by atoms with E-state index in [1.807, 2.05) is 39.8 Å². The van der Waals surface area contributed by atoms with Crippen LogP contribution >= 0.6 is 0 Å². The molecule has 12 nitrogen and oxygen atoms in total. The summed E-state index contributed by atoms with van der Waals surface area (Å²) < 4.78 is 40.2. The van der Waals surface area contributed by atoms with E-state index in [0.717, 1.165) is 37.7 Å². The van der Waals surface area contributed by atoms with E-state index in [2.05, 4.69) is 33.0 Å². The smallest absolute Gasteiger partial charge is 0.225 e. The van der Waals surface area contributed by atoms with E-state index in [-0.39, 0.29) is 65.7 Å². The number of phenols is 1. The number of carbonyl (C=O) groups is 1. The molecule has 6 rings (SSSR count). The molecule has 5 aliphatic rings. The molecule has 1 aromatic carbocycles. The van der Waals surface area contributed by atoms with Gasteiger partial charge in [-0.05, 0) is 81.4 Å². The molecule has 1 amide bonds. The summed E-state index contributed by atoms with van der Waals surface area (Å²) >= 11 is 0. The molecular formula is C44H71NO11. The van der Waals surface area contributed by atoms with Gasteiger partial charge in [0.05, 0.1) is 66.5 Å². The van der Waals surface area contributed by atoms with Crippen molar-refractivity contribution in [2.24, 2.45) is 35.5 Å². The topological polar surface area (TPSA) is 165 Å². The van der Waals surface area contributed by atoms with E-state index < -0.39 is 53.6 Å². The van der Waals surface area contributed by atoms with Crippen molar-refractivity contribution in [3.8, 4) is 5.75 Å². The minimum atomic E-state index is -1.57. The average molecular weight is 790 g/mol. The number of hydrogen-bond donors (Lipinski definition) is 5. The number of methoxy groups -OCH3 is 1. The third-order valence-electron chi connectivity index (χ3n) is 14.7. The molecule has 0 aromatic heterocycles. The zero-order valence-corrected chi connectivity index (χ0v) is 35.2. The van der Waals surface area contributed by atoms with E-state index in [0.29, 0.717) is 32.2 Å². The Morgan fingerprint density at radius 2 is 1.73 bits per heavy atom. The lowest BCUT2D eigenvalue weighted by molar-refractivity contribution is -0.336. The van der Waals surface area contributed by atoms with Crippen LogP contribution in [-0.4, -0.2) is 112 Å². The van der Waals surface area contributed by atoms with Gasteiger partial charge in [-0.3, -0.25) is 4.79 Å². The van der Waals surface area contributed by atoms with Crippen LogP contribution < -0.4 is 5.32 Å². The van der Waals surface area contributed by atoms with Crippen molar-refractivity contribution in [3.05, 3.63) is 29.8 Å². The van der Waals surface area contributed by atoms with Gasteiger partial charge >= 0.3 is 0 Å². The Balaban J connectivity index is 1.09. The van der Waals surface area contributed by atoms with E-state index >= 15 is 0 Å². The molecule has 5 saturated heterocycles. The van der Waals surface area contributed by atoms with Crippen molar-refractivity contribution in [3.63, 3.8) is 0 Å². The highest BCUT2D eigenvalue weighted by Gasteiger charge is 2.62. The first-order valence-electron chi connectivity index (χ1n) is 21.4. The highest BCUT2D eigenvalue weighted by molar-refractivity contribution is 5.78. The fourth-order valence-corrected chi connectivity index (χ4v) is 11.1. The number of ether oxygens (including phenoxy) is 6. The minimum absolute atomic E-state index is 0.113. The minimum Gasteiger partial charge on any atom is -0.508 e. The van der Waals surface area contributed by atoms with Gasteiger partial charge in [-0.25, -0.2) is 0 Å². The second-order valence-corrected chi connectivity index (χ2v) is 18.7. The number of phenolic OH excluding ortho intramolecular Hbond substituents is 1. The Hall–Kier alpha value is -1.87. The molecule has 5 aliphatic heterocycles. The molecule has 56 heavy (non-hydrogen) atoms. The summed E-state index contributed by atoms with van der Waals surface area (Å²) in [4.78, 5) is 13.4. The van der Waals surface area contributed by atoms with Gasteiger partial charge in [0.15, 0.2) is 11.6 Å². The highest BCUT2D eigenvalue weighted by Crippen LogP contribution is 2.55. The molecule has 5 fully saturated rings. The second kappa shape index (κ2) is 17.0. The summed E-state index contributed by atoms with van der Waals surface area (Å²) in [5.74, 6) is -3.17. The van der Waals surface area contributed by atoms with Crippen molar-refractivity contribution >= 4 is 5.91 Å². The maximum absolute atomic E-state index is 13.4. The molecule has 0 unspecified atom stereocenters. The van der Waals surface area contributed by atoms with E-state index in [9.17, 15) is 25.2 Å². The summed E-state index contributed by atoms with van der Waals surface area (Å²) in [6.45, 7) is 16.5. The third-order valence-corrected chi connectivity index (χ3v) is 14.7. The zero-order chi connectivity index (χ0) is 40.8. The molecule has 1 spiro atoms. The zero-order valence-electron chi connectivity index (χ0n) is 35.2. The summed E-state index contributed by atoms with van der Waals surface area (Å²) in [5.41, 5.74) is -0.136. The fourth-order valence-electron chi connectivity index (χ4n) is 11.1. The summed E-state index contributed by atoms with van der Waals surface area (Å²) in [6.07, 6.45) is 3.82. The number of rotatable bonds is 13. The summed E-state index contributed by atoms with van der Waals surface area (Å²) in [6, 6.07) is 6.97. The maximum Gasteiger partial charge on any atom is 0.225 e. The maximum atomic E-state index is 13.4. The Morgan fingerprint density at radius 3 is 2.39 bits per heavy atom. The van der Waals surface area contributed by atoms with Gasteiger partial charge in [0, 0.05) is 44.2 Å². The van der Waals surface area contributed by atoms with E-state index in [4.69, 9.17) is 28.4 Å². The van der Waals surface area contributed by atoms with Crippen LogP contribution in [0.3, 0.4) is 0 Å². The van der Waals surface area contributed by atoms with Gasteiger partial charge in [0.1, 0.15) is 5.75 Å². The Morgan fingerprint density at radius 1 is 1.02 bits per heavy atom.